The number of rotatable bonds is 3. The van der Waals surface area contributed by atoms with Gasteiger partial charge < -0.3 is 5.11 Å². The Kier molecular flexibility index (Phi) is 3.34. The van der Waals surface area contributed by atoms with Crippen molar-refractivity contribution in [3.05, 3.63) is 27.3 Å². The van der Waals surface area contributed by atoms with E-state index < -0.39 is 4.92 Å². The number of hydroxylamine groups is 1. The molecule has 0 amide bonds. The fraction of sp³-hybridized carbons (Fsp3) is 0.400. The summed E-state index contributed by atoms with van der Waals surface area (Å²) in [4.78, 5) is 10.3. The Hall–Kier alpha value is -1.82. The van der Waals surface area contributed by atoms with Crippen LogP contribution in [0, 0.1) is 24.0 Å². The molecule has 0 heterocycles. The van der Waals surface area contributed by atoms with Gasteiger partial charge in [0.25, 0.3) is 0 Å². The summed E-state index contributed by atoms with van der Waals surface area (Å²) in [7, 11) is 0. The quantitative estimate of drug-likeness (QED) is 0.609. The highest BCUT2D eigenvalue weighted by molar-refractivity contribution is 5.70. The van der Waals surface area contributed by atoms with Crippen LogP contribution in [-0.4, -0.2) is 21.8 Å². The Morgan fingerprint density at radius 3 is 2.50 bits per heavy atom. The van der Waals surface area contributed by atoms with Crippen molar-refractivity contribution in [2.45, 2.75) is 20.8 Å². The maximum atomic E-state index is 10.9. The number of aryl methyl sites for hydroxylation is 1. The molecular formula is C10H14N2O4. The number of anilines is 1. The number of hydrogen-bond donors (Lipinski definition) is 2. The van der Waals surface area contributed by atoms with Gasteiger partial charge in [0.15, 0.2) is 0 Å². The lowest BCUT2D eigenvalue weighted by atomic mass is 10.1. The van der Waals surface area contributed by atoms with Crippen LogP contribution in [0.25, 0.3) is 0 Å². The Morgan fingerprint density at radius 2 is 2.06 bits per heavy atom. The van der Waals surface area contributed by atoms with Gasteiger partial charge in [-0.15, -0.1) is 0 Å². The van der Waals surface area contributed by atoms with Crippen LogP contribution in [-0.2, 0) is 0 Å². The standard InChI is InChI=1S/C10H14N2O4/c1-4-11(14)8-5-6(2)10(13)7(3)9(8)12(15)16/h5,13-14H,4H2,1-3H3. The van der Waals surface area contributed by atoms with Crippen molar-refractivity contribution in [2.75, 3.05) is 11.6 Å². The number of nitro groups is 1. The monoisotopic (exact) mass is 226 g/mol. The predicted molar refractivity (Wildman–Crippen MR) is 59.0 cm³/mol. The number of hydrogen-bond acceptors (Lipinski definition) is 5. The minimum absolute atomic E-state index is 0.0975. The van der Waals surface area contributed by atoms with Gasteiger partial charge in [0.2, 0.25) is 0 Å². The summed E-state index contributed by atoms with van der Waals surface area (Å²) in [6.45, 7) is 4.97. The van der Waals surface area contributed by atoms with Gasteiger partial charge in [-0.25, -0.2) is 0 Å². The molecule has 0 aromatic heterocycles. The second-order valence-electron chi connectivity index (χ2n) is 3.51. The molecule has 0 spiro atoms. The number of benzene rings is 1. The van der Waals surface area contributed by atoms with Crippen molar-refractivity contribution < 1.29 is 15.2 Å². The second kappa shape index (κ2) is 4.36. The first kappa shape index (κ1) is 12.3. The molecule has 0 aliphatic carbocycles. The summed E-state index contributed by atoms with van der Waals surface area (Å²) >= 11 is 0. The van der Waals surface area contributed by atoms with Crippen molar-refractivity contribution in [1.29, 1.82) is 0 Å². The number of phenols is 1. The van der Waals surface area contributed by atoms with Crippen LogP contribution in [0.3, 0.4) is 0 Å². The molecule has 1 aromatic rings. The second-order valence-corrected chi connectivity index (χ2v) is 3.51. The normalized spacial score (nSPS) is 10.2. The van der Waals surface area contributed by atoms with Gasteiger partial charge in [-0.05, 0) is 32.4 Å². The zero-order valence-electron chi connectivity index (χ0n) is 9.39. The number of nitro benzene ring substituents is 1. The highest BCUT2D eigenvalue weighted by Gasteiger charge is 2.24. The molecule has 0 atom stereocenters. The molecule has 0 saturated heterocycles. The SMILES string of the molecule is CCN(O)c1cc(C)c(O)c(C)c1[N+](=O)[O-]. The topological polar surface area (TPSA) is 86.8 Å². The molecule has 0 aliphatic heterocycles. The molecule has 0 saturated carbocycles. The first-order valence-corrected chi connectivity index (χ1v) is 4.84. The van der Waals surface area contributed by atoms with E-state index in [1.54, 1.807) is 13.8 Å². The van der Waals surface area contributed by atoms with E-state index in [4.69, 9.17) is 0 Å². The Bertz CT molecular complexity index is 431. The molecule has 0 unspecified atom stereocenters. The molecule has 0 bridgehead atoms. The lowest BCUT2D eigenvalue weighted by Gasteiger charge is -2.17. The maximum absolute atomic E-state index is 10.9. The number of phenolic OH excluding ortho intramolecular Hbond substituents is 1. The van der Waals surface area contributed by atoms with E-state index in [-0.39, 0.29) is 29.2 Å². The minimum atomic E-state index is -0.608. The van der Waals surface area contributed by atoms with Crippen LogP contribution in [0.15, 0.2) is 6.07 Å². The summed E-state index contributed by atoms with van der Waals surface area (Å²) < 4.78 is 0. The van der Waals surface area contributed by atoms with E-state index in [0.29, 0.717) is 5.56 Å². The van der Waals surface area contributed by atoms with E-state index >= 15 is 0 Å². The average molecular weight is 226 g/mol. The highest BCUT2D eigenvalue weighted by atomic mass is 16.6. The summed E-state index contributed by atoms with van der Waals surface area (Å²) in [6, 6.07) is 1.39. The van der Waals surface area contributed by atoms with Crippen LogP contribution in [0.4, 0.5) is 11.4 Å². The van der Waals surface area contributed by atoms with E-state index in [1.165, 1.54) is 13.0 Å². The summed E-state index contributed by atoms with van der Waals surface area (Å²) in [5.74, 6) is -0.111. The lowest BCUT2D eigenvalue weighted by Crippen LogP contribution is -2.18. The summed E-state index contributed by atoms with van der Waals surface area (Å²) in [5.41, 5.74) is 0.478. The molecule has 2 N–H and O–H groups in total. The van der Waals surface area contributed by atoms with Gasteiger partial charge in [0.05, 0.1) is 10.5 Å². The third-order valence-electron chi connectivity index (χ3n) is 2.44. The summed E-state index contributed by atoms with van der Waals surface area (Å²) in [6.07, 6.45) is 0. The minimum Gasteiger partial charge on any atom is -0.507 e. The van der Waals surface area contributed by atoms with Gasteiger partial charge in [0.1, 0.15) is 11.4 Å². The molecule has 16 heavy (non-hydrogen) atoms. The van der Waals surface area contributed by atoms with Crippen LogP contribution in [0.2, 0.25) is 0 Å². The molecule has 0 fully saturated rings. The molecule has 0 radical (unpaired) electrons. The third-order valence-corrected chi connectivity index (χ3v) is 2.44. The van der Waals surface area contributed by atoms with Gasteiger partial charge in [0, 0.05) is 6.54 Å². The Morgan fingerprint density at radius 1 is 1.50 bits per heavy atom. The van der Waals surface area contributed by atoms with E-state index in [1.807, 2.05) is 0 Å². The molecule has 6 heteroatoms. The zero-order chi connectivity index (χ0) is 12.5. The van der Waals surface area contributed by atoms with Crippen molar-refractivity contribution in [3.63, 3.8) is 0 Å². The van der Waals surface area contributed by atoms with Crippen LogP contribution in [0.5, 0.6) is 5.75 Å². The van der Waals surface area contributed by atoms with Gasteiger partial charge in [-0.1, -0.05) is 0 Å². The molecule has 88 valence electrons. The molecule has 1 aromatic carbocycles. The molecular weight excluding hydrogens is 212 g/mol. The van der Waals surface area contributed by atoms with Crippen LogP contribution >= 0.6 is 0 Å². The molecule has 1 rings (SSSR count). The van der Waals surface area contributed by atoms with E-state index in [2.05, 4.69) is 0 Å². The third kappa shape index (κ3) is 1.92. The number of aromatic hydroxyl groups is 1. The van der Waals surface area contributed by atoms with Crippen molar-refractivity contribution in [3.8, 4) is 5.75 Å². The van der Waals surface area contributed by atoms with Crippen LogP contribution < -0.4 is 5.06 Å². The van der Waals surface area contributed by atoms with Crippen molar-refractivity contribution >= 4 is 11.4 Å². The largest absolute Gasteiger partial charge is 0.507 e. The lowest BCUT2D eigenvalue weighted by molar-refractivity contribution is -0.384. The van der Waals surface area contributed by atoms with Gasteiger partial charge in [-0.2, -0.15) is 0 Å². The Balaban J connectivity index is 3.53. The number of nitrogens with zero attached hydrogens (tertiary/aromatic N) is 2. The average Bonchev–Trinajstić information content (AvgIpc) is 2.23. The van der Waals surface area contributed by atoms with Crippen LogP contribution in [0.1, 0.15) is 18.1 Å². The smallest absolute Gasteiger partial charge is 0.301 e. The van der Waals surface area contributed by atoms with E-state index in [9.17, 15) is 20.4 Å². The fourth-order valence-electron chi connectivity index (χ4n) is 1.54. The Labute approximate surface area is 92.8 Å². The van der Waals surface area contributed by atoms with Gasteiger partial charge in [-0.3, -0.25) is 20.4 Å². The first-order chi connectivity index (χ1) is 7.40. The molecule has 6 nitrogen and oxygen atoms in total. The van der Waals surface area contributed by atoms with E-state index in [0.717, 1.165) is 5.06 Å². The van der Waals surface area contributed by atoms with Crippen molar-refractivity contribution in [2.24, 2.45) is 0 Å². The molecule has 0 aliphatic rings. The zero-order valence-corrected chi connectivity index (χ0v) is 9.39. The van der Waals surface area contributed by atoms with Gasteiger partial charge >= 0.3 is 5.69 Å². The fourth-order valence-corrected chi connectivity index (χ4v) is 1.54. The highest BCUT2D eigenvalue weighted by Crippen LogP contribution is 2.38. The maximum Gasteiger partial charge on any atom is 0.301 e. The first-order valence-electron chi connectivity index (χ1n) is 4.84. The predicted octanol–water partition coefficient (Wildman–Crippen LogP) is 2.13. The van der Waals surface area contributed by atoms with Crippen molar-refractivity contribution in [1.82, 2.24) is 0 Å². The summed E-state index contributed by atoms with van der Waals surface area (Å²) in [5, 5.41) is 30.8.